The number of hydrogen-bond donors (Lipinski definition) is 4. The molecule has 0 heterocycles. The Morgan fingerprint density at radius 3 is 2.41 bits per heavy atom. The summed E-state index contributed by atoms with van der Waals surface area (Å²) in [6.07, 6.45) is 5.39. The van der Waals surface area contributed by atoms with Gasteiger partial charge in [0.05, 0.1) is 6.54 Å². The average Bonchev–Trinajstić information content (AvgIpc) is 2.64. The zero-order valence-corrected chi connectivity index (χ0v) is 14.9. The first kappa shape index (κ1) is 20.6. The molecule has 0 bridgehead atoms. The van der Waals surface area contributed by atoms with Gasteiger partial charge in [-0.3, -0.25) is 9.59 Å². The van der Waals surface area contributed by atoms with Gasteiger partial charge in [0.25, 0.3) is 0 Å². The monoisotopic (exact) mass is 382 g/mol. The lowest BCUT2D eigenvalue weighted by Crippen LogP contribution is -2.44. The molecule has 1 aromatic rings. The molecular formula is C18H24F2N4O3. The summed E-state index contributed by atoms with van der Waals surface area (Å²) in [7, 11) is 0. The molecule has 4 N–H and O–H groups in total. The van der Waals surface area contributed by atoms with Crippen LogP contribution in [-0.2, 0) is 9.59 Å². The zero-order chi connectivity index (χ0) is 19.6. The van der Waals surface area contributed by atoms with Gasteiger partial charge in [-0.2, -0.15) is 0 Å². The van der Waals surface area contributed by atoms with Crippen LogP contribution in [0.25, 0.3) is 0 Å². The van der Waals surface area contributed by atoms with E-state index in [1.165, 1.54) is 12.5 Å². The largest absolute Gasteiger partial charge is 0.347 e. The van der Waals surface area contributed by atoms with Crippen LogP contribution >= 0.6 is 0 Å². The molecule has 4 amide bonds. The van der Waals surface area contributed by atoms with Crippen molar-refractivity contribution < 1.29 is 23.2 Å². The second kappa shape index (κ2) is 10.4. The Morgan fingerprint density at radius 1 is 0.963 bits per heavy atom. The van der Waals surface area contributed by atoms with Gasteiger partial charge in [-0.1, -0.05) is 19.3 Å². The Morgan fingerprint density at radius 2 is 1.70 bits per heavy atom. The molecule has 27 heavy (non-hydrogen) atoms. The summed E-state index contributed by atoms with van der Waals surface area (Å²) in [5.41, 5.74) is 0.0919. The summed E-state index contributed by atoms with van der Waals surface area (Å²) in [5, 5.41) is 10.2. The van der Waals surface area contributed by atoms with Crippen molar-refractivity contribution in [1.29, 1.82) is 0 Å². The lowest BCUT2D eigenvalue weighted by Gasteiger charge is -2.22. The molecule has 148 valence electrons. The molecule has 0 spiro atoms. The van der Waals surface area contributed by atoms with E-state index in [4.69, 9.17) is 0 Å². The van der Waals surface area contributed by atoms with Crippen molar-refractivity contribution in [2.45, 2.75) is 44.6 Å². The summed E-state index contributed by atoms with van der Waals surface area (Å²) in [4.78, 5) is 35.1. The average molecular weight is 382 g/mol. The molecule has 1 saturated carbocycles. The summed E-state index contributed by atoms with van der Waals surface area (Å²) >= 11 is 0. The first-order valence-electron chi connectivity index (χ1n) is 9.00. The highest BCUT2D eigenvalue weighted by Crippen LogP contribution is 2.17. The SMILES string of the molecule is O=C(CCNC(=O)NC1CCCCC1)NCC(=O)Nc1ccc(F)c(F)c1. The van der Waals surface area contributed by atoms with Gasteiger partial charge in [0.15, 0.2) is 11.6 Å². The number of benzene rings is 1. The molecule has 9 heteroatoms. The van der Waals surface area contributed by atoms with Gasteiger partial charge in [0.1, 0.15) is 0 Å². The maximum absolute atomic E-state index is 13.1. The van der Waals surface area contributed by atoms with Crippen LogP contribution in [-0.4, -0.2) is 37.0 Å². The maximum Gasteiger partial charge on any atom is 0.315 e. The fourth-order valence-corrected chi connectivity index (χ4v) is 2.82. The second-order valence-corrected chi connectivity index (χ2v) is 6.44. The standard InChI is InChI=1S/C18H24F2N4O3/c19-14-7-6-13(10-15(14)20)23-17(26)11-22-16(25)8-9-21-18(27)24-12-4-2-1-3-5-12/h6-7,10,12H,1-5,8-9,11H2,(H,22,25)(H,23,26)(H2,21,24,27). The van der Waals surface area contributed by atoms with E-state index in [0.717, 1.165) is 37.8 Å². The molecule has 0 aromatic heterocycles. The molecule has 7 nitrogen and oxygen atoms in total. The van der Waals surface area contributed by atoms with Gasteiger partial charge < -0.3 is 21.3 Å². The Bertz CT molecular complexity index is 679. The zero-order valence-electron chi connectivity index (χ0n) is 14.9. The van der Waals surface area contributed by atoms with Crippen molar-refractivity contribution in [2.24, 2.45) is 0 Å². The Balaban J connectivity index is 1.58. The van der Waals surface area contributed by atoms with Gasteiger partial charge in [-0.05, 0) is 25.0 Å². The molecule has 1 aliphatic carbocycles. The van der Waals surface area contributed by atoms with E-state index in [-0.39, 0.29) is 37.3 Å². The number of halogens is 2. The number of nitrogens with one attached hydrogen (secondary N) is 4. The second-order valence-electron chi connectivity index (χ2n) is 6.44. The van der Waals surface area contributed by atoms with Crippen LogP contribution in [0.5, 0.6) is 0 Å². The van der Waals surface area contributed by atoms with Gasteiger partial charge in [-0.25, -0.2) is 13.6 Å². The topological polar surface area (TPSA) is 99.3 Å². The number of carbonyl (C=O) groups excluding carboxylic acids is 3. The maximum atomic E-state index is 13.1. The first-order chi connectivity index (χ1) is 12.9. The van der Waals surface area contributed by atoms with Crippen LogP contribution < -0.4 is 21.3 Å². The van der Waals surface area contributed by atoms with Crippen LogP contribution in [0.15, 0.2) is 18.2 Å². The molecule has 1 aliphatic rings. The number of hydrogen-bond acceptors (Lipinski definition) is 3. The lowest BCUT2D eigenvalue weighted by molar-refractivity contribution is -0.124. The Kier molecular flexibility index (Phi) is 7.97. The quantitative estimate of drug-likeness (QED) is 0.581. The van der Waals surface area contributed by atoms with E-state index in [0.29, 0.717) is 0 Å². The molecule has 1 aromatic carbocycles. The minimum atomic E-state index is -1.07. The minimum absolute atomic E-state index is 0.0243. The number of urea groups is 1. The molecule has 0 radical (unpaired) electrons. The molecule has 1 fully saturated rings. The molecule has 0 atom stereocenters. The van der Waals surface area contributed by atoms with Gasteiger partial charge in [-0.15, -0.1) is 0 Å². The van der Waals surface area contributed by atoms with Crippen LogP contribution in [0.3, 0.4) is 0 Å². The highest BCUT2D eigenvalue weighted by atomic mass is 19.2. The van der Waals surface area contributed by atoms with Crippen molar-refractivity contribution in [1.82, 2.24) is 16.0 Å². The smallest absolute Gasteiger partial charge is 0.315 e. The number of rotatable bonds is 7. The van der Waals surface area contributed by atoms with E-state index in [1.807, 2.05) is 0 Å². The van der Waals surface area contributed by atoms with Gasteiger partial charge >= 0.3 is 6.03 Å². The van der Waals surface area contributed by atoms with E-state index in [1.54, 1.807) is 0 Å². The molecule has 0 unspecified atom stereocenters. The minimum Gasteiger partial charge on any atom is -0.347 e. The third kappa shape index (κ3) is 7.59. The van der Waals surface area contributed by atoms with E-state index in [2.05, 4.69) is 21.3 Å². The van der Waals surface area contributed by atoms with E-state index < -0.39 is 23.4 Å². The first-order valence-corrected chi connectivity index (χ1v) is 9.00. The van der Waals surface area contributed by atoms with Crippen molar-refractivity contribution in [2.75, 3.05) is 18.4 Å². The summed E-state index contributed by atoms with van der Waals surface area (Å²) in [6.45, 7) is -0.165. The number of amides is 4. The van der Waals surface area contributed by atoms with Gasteiger partial charge in [0.2, 0.25) is 11.8 Å². The third-order valence-corrected chi connectivity index (χ3v) is 4.23. The van der Waals surface area contributed by atoms with E-state index in [9.17, 15) is 23.2 Å². The Hall–Kier alpha value is -2.71. The predicted molar refractivity (Wildman–Crippen MR) is 96.0 cm³/mol. The predicted octanol–water partition coefficient (Wildman–Crippen LogP) is 2.04. The molecule has 2 rings (SSSR count). The number of carbonyl (C=O) groups is 3. The number of anilines is 1. The van der Waals surface area contributed by atoms with Crippen molar-refractivity contribution in [3.63, 3.8) is 0 Å². The van der Waals surface area contributed by atoms with Crippen LogP contribution in [0.1, 0.15) is 38.5 Å². The normalized spacial score (nSPS) is 14.3. The van der Waals surface area contributed by atoms with Crippen molar-refractivity contribution in [3.8, 4) is 0 Å². The summed E-state index contributed by atoms with van der Waals surface area (Å²) in [5.74, 6) is -3.07. The molecular weight excluding hydrogens is 358 g/mol. The van der Waals surface area contributed by atoms with Crippen LogP contribution in [0.2, 0.25) is 0 Å². The van der Waals surface area contributed by atoms with Crippen molar-refractivity contribution >= 4 is 23.5 Å². The van der Waals surface area contributed by atoms with Crippen LogP contribution in [0.4, 0.5) is 19.3 Å². The Labute approximate surface area is 156 Å². The van der Waals surface area contributed by atoms with Crippen LogP contribution in [0, 0.1) is 11.6 Å². The summed E-state index contributed by atoms with van der Waals surface area (Å²) < 4.78 is 25.9. The lowest BCUT2D eigenvalue weighted by atomic mass is 9.96. The van der Waals surface area contributed by atoms with E-state index >= 15 is 0 Å². The molecule has 0 saturated heterocycles. The highest BCUT2D eigenvalue weighted by molar-refractivity contribution is 5.94. The molecule has 0 aliphatic heterocycles. The van der Waals surface area contributed by atoms with Crippen molar-refractivity contribution in [3.05, 3.63) is 29.8 Å². The highest BCUT2D eigenvalue weighted by Gasteiger charge is 2.15. The van der Waals surface area contributed by atoms with Gasteiger partial charge in [0, 0.05) is 30.8 Å². The third-order valence-electron chi connectivity index (χ3n) is 4.23. The fraction of sp³-hybridized carbons (Fsp3) is 0.500. The fourth-order valence-electron chi connectivity index (χ4n) is 2.82. The summed E-state index contributed by atoms with van der Waals surface area (Å²) in [6, 6.07) is 2.85.